The summed E-state index contributed by atoms with van der Waals surface area (Å²) >= 11 is 1.39. The number of aromatic nitrogens is 3. The Labute approximate surface area is 184 Å². The molecule has 162 valence electrons. The maximum Gasteiger partial charge on any atom is 0.410 e. The van der Waals surface area contributed by atoms with Gasteiger partial charge in [0.2, 0.25) is 0 Å². The summed E-state index contributed by atoms with van der Waals surface area (Å²) in [4.78, 5) is 41.3. The molecule has 0 atom stereocenters. The maximum atomic E-state index is 12.8. The third-order valence-electron chi connectivity index (χ3n) is 4.94. The molecule has 2 amide bonds. The van der Waals surface area contributed by atoms with Gasteiger partial charge < -0.3 is 9.64 Å². The average molecular weight is 440 g/mol. The molecule has 2 aromatic heterocycles. The largest absolute Gasteiger partial charge is 0.444 e. The van der Waals surface area contributed by atoms with Crippen molar-refractivity contribution in [2.75, 3.05) is 11.9 Å². The number of amides is 2. The summed E-state index contributed by atoms with van der Waals surface area (Å²) in [6, 6.07) is 5.27. The number of carbonyl (C=O) groups is 2. The van der Waals surface area contributed by atoms with Gasteiger partial charge in [-0.1, -0.05) is 11.3 Å². The second-order valence-corrected chi connectivity index (χ2v) is 9.68. The van der Waals surface area contributed by atoms with Gasteiger partial charge in [-0.2, -0.15) is 0 Å². The Morgan fingerprint density at radius 2 is 1.81 bits per heavy atom. The molecule has 1 aliphatic rings. The van der Waals surface area contributed by atoms with Crippen molar-refractivity contribution < 1.29 is 14.3 Å². The zero-order chi connectivity index (χ0) is 22.3. The van der Waals surface area contributed by atoms with Crippen LogP contribution in [0.3, 0.4) is 0 Å². The van der Waals surface area contributed by atoms with E-state index in [4.69, 9.17) is 4.74 Å². The van der Waals surface area contributed by atoms with Crippen LogP contribution in [0, 0.1) is 13.8 Å². The standard InChI is InChI=1S/C22H25N5O3S/c1-12-13(2)24-17-10-14(6-7-15(17)23-12)19(28)26-20-25-16-8-9-27(11-18(16)31-20)21(29)30-22(3,4)5/h6-7,10H,8-9,11H2,1-5H3,(H,25,26,28). The Hall–Kier alpha value is -3.07. The van der Waals surface area contributed by atoms with Crippen LogP contribution in [0.15, 0.2) is 18.2 Å². The van der Waals surface area contributed by atoms with Crippen molar-refractivity contribution in [2.24, 2.45) is 0 Å². The van der Waals surface area contributed by atoms with Gasteiger partial charge in [0.25, 0.3) is 5.91 Å². The van der Waals surface area contributed by atoms with Gasteiger partial charge in [0.05, 0.1) is 34.7 Å². The number of hydrogen-bond donors (Lipinski definition) is 1. The van der Waals surface area contributed by atoms with Crippen LogP contribution in [0.4, 0.5) is 9.93 Å². The first-order chi connectivity index (χ1) is 14.6. The minimum Gasteiger partial charge on any atom is -0.444 e. The number of carbonyl (C=O) groups excluding carboxylic acids is 2. The fourth-order valence-corrected chi connectivity index (χ4v) is 4.29. The summed E-state index contributed by atoms with van der Waals surface area (Å²) in [5.41, 5.74) is 4.02. The minimum atomic E-state index is -0.536. The molecule has 0 unspecified atom stereocenters. The van der Waals surface area contributed by atoms with E-state index in [0.717, 1.165) is 27.5 Å². The van der Waals surface area contributed by atoms with Crippen LogP contribution in [-0.4, -0.2) is 44.0 Å². The van der Waals surface area contributed by atoms with E-state index in [1.165, 1.54) is 11.3 Å². The molecule has 0 spiro atoms. The van der Waals surface area contributed by atoms with Gasteiger partial charge in [-0.15, -0.1) is 0 Å². The van der Waals surface area contributed by atoms with Gasteiger partial charge in [0.1, 0.15) is 5.60 Å². The second kappa shape index (κ2) is 7.88. The smallest absolute Gasteiger partial charge is 0.410 e. The Morgan fingerprint density at radius 3 is 2.52 bits per heavy atom. The Kier molecular flexibility index (Phi) is 5.38. The van der Waals surface area contributed by atoms with Crippen molar-refractivity contribution in [3.63, 3.8) is 0 Å². The molecule has 8 nitrogen and oxygen atoms in total. The van der Waals surface area contributed by atoms with Crippen LogP contribution in [-0.2, 0) is 17.7 Å². The van der Waals surface area contributed by atoms with E-state index in [9.17, 15) is 9.59 Å². The van der Waals surface area contributed by atoms with E-state index < -0.39 is 5.60 Å². The highest BCUT2D eigenvalue weighted by Crippen LogP contribution is 2.29. The third-order valence-corrected chi connectivity index (χ3v) is 5.94. The zero-order valence-corrected chi connectivity index (χ0v) is 19.1. The van der Waals surface area contributed by atoms with E-state index in [2.05, 4.69) is 20.3 Å². The van der Waals surface area contributed by atoms with Crippen molar-refractivity contribution >= 4 is 39.5 Å². The lowest BCUT2D eigenvalue weighted by Crippen LogP contribution is -2.39. The Morgan fingerprint density at radius 1 is 1.10 bits per heavy atom. The Balaban J connectivity index is 1.48. The number of fused-ring (bicyclic) bond motifs is 2. The molecule has 0 saturated heterocycles. The molecule has 31 heavy (non-hydrogen) atoms. The molecular weight excluding hydrogens is 414 g/mol. The molecule has 3 heterocycles. The number of nitrogens with zero attached hydrogens (tertiary/aromatic N) is 4. The number of hydrogen-bond acceptors (Lipinski definition) is 7. The topological polar surface area (TPSA) is 97.3 Å². The number of ether oxygens (including phenoxy) is 1. The SMILES string of the molecule is Cc1nc2ccc(C(=O)Nc3nc4c(s3)CN(C(=O)OC(C)(C)C)CC4)cc2nc1C. The molecule has 0 fully saturated rings. The van der Waals surface area contributed by atoms with E-state index in [-0.39, 0.29) is 12.0 Å². The molecule has 0 radical (unpaired) electrons. The van der Waals surface area contributed by atoms with Gasteiger partial charge >= 0.3 is 6.09 Å². The Bertz CT molecular complexity index is 1180. The zero-order valence-electron chi connectivity index (χ0n) is 18.3. The van der Waals surface area contributed by atoms with Crippen LogP contribution in [0.2, 0.25) is 0 Å². The molecular formula is C22H25N5O3S. The van der Waals surface area contributed by atoms with Crippen molar-refractivity contribution in [1.29, 1.82) is 0 Å². The highest BCUT2D eigenvalue weighted by molar-refractivity contribution is 7.15. The lowest BCUT2D eigenvalue weighted by atomic mass is 10.1. The number of aryl methyl sites for hydroxylation is 2. The van der Waals surface area contributed by atoms with E-state index in [1.807, 2.05) is 34.6 Å². The fourth-order valence-electron chi connectivity index (χ4n) is 3.27. The lowest BCUT2D eigenvalue weighted by molar-refractivity contribution is 0.0225. The number of anilines is 1. The number of nitrogens with one attached hydrogen (secondary N) is 1. The molecule has 0 aliphatic carbocycles. The first-order valence-corrected chi connectivity index (χ1v) is 10.9. The first-order valence-electron chi connectivity index (χ1n) is 10.1. The second-order valence-electron chi connectivity index (χ2n) is 8.59. The number of benzene rings is 1. The van der Waals surface area contributed by atoms with Crippen LogP contribution in [0.25, 0.3) is 11.0 Å². The summed E-state index contributed by atoms with van der Waals surface area (Å²) in [6.07, 6.45) is 0.297. The predicted octanol–water partition coefficient (Wildman–Crippen LogP) is 4.25. The van der Waals surface area contributed by atoms with Crippen molar-refractivity contribution in [3.8, 4) is 0 Å². The number of thiazole rings is 1. The van der Waals surface area contributed by atoms with Crippen LogP contribution in [0.5, 0.6) is 0 Å². The molecule has 0 bridgehead atoms. The minimum absolute atomic E-state index is 0.253. The van der Waals surface area contributed by atoms with Gasteiger partial charge in [0.15, 0.2) is 5.13 Å². The highest BCUT2D eigenvalue weighted by atomic mass is 32.1. The van der Waals surface area contributed by atoms with E-state index in [1.54, 1.807) is 23.1 Å². The molecule has 1 aliphatic heterocycles. The predicted molar refractivity (Wildman–Crippen MR) is 119 cm³/mol. The quantitative estimate of drug-likeness (QED) is 0.641. The van der Waals surface area contributed by atoms with Gasteiger partial charge in [-0.05, 0) is 52.8 Å². The molecule has 9 heteroatoms. The van der Waals surface area contributed by atoms with Gasteiger partial charge in [0, 0.05) is 23.4 Å². The van der Waals surface area contributed by atoms with Crippen molar-refractivity contribution in [1.82, 2.24) is 19.9 Å². The summed E-state index contributed by atoms with van der Waals surface area (Å²) in [6.45, 7) is 10.3. The van der Waals surface area contributed by atoms with Gasteiger partial charge in [-0.3, -0.25) is 10.1 Å². The lowest BCUT2D eigenvalue weighted by Gasteiger charge is -2.29. The van der Waals surface area contributed by atoms with Crippen molar-refractivity contribution in [3.05, 3.63) is 45.7 Å². The molecule has 0 saturated carbocycles. The average Bonchev–Trinajstić information content (AvgIpc) is 3.08. The van der Waals surface area contributed by atoms with Crippen LogP contribution >= 0.6 is 11.3 Å². The first kappa shape index (κ1) is 21.2. The summed E-state index contributed by atoms with van der Waals surface area (Å²) < 4.78 is 5.46. The van der Waals surface area contributed by atoms with Crippen LogP contribution in [0.1, 0.15) is 53.1 Å². The van der Waals surface area contributed by atoms with Crippen LogP contribution < -0.4 is 5.32 Å². The summed E-state index contributed by atoms with van der Waals surface area (Å²) in [7, 11) is 0. The molecule has 1 N–H and O–H groups in total. The van der Waals surface area contributed by atoms with Gasteiger partial charge in [-0.25, -0.2) is 19.7 Å². The molecule has 3 aromatic rings. The fraction of sp³-hybridized carbons (Fsp3) is 0.409. The normalized spacial score (nSPS) is 13.8. The molecule has 4 rings (SSSR count). The third kappa shape index (κ3) is 4.66. The summed E-state index contributed by atoms with van der Waals surface area (Å²) in [5, 5.41) is 3.39. The highest BCUT2D eigenvalue weighted by Gasteiger charge is 2.28. The maximum absolute atomic E-state index is 12.8. The van der Waals surface area contributed by atoms with Crippen molar-refractivity contribution in [2.45, 2.75) is 53.2 Å². The monoisotopic (exact) mass is 439 g/mol. The van der Waals surface area contributed by atoms with E-state index >= 15 is 0 Å². The summed E-state index contributed by atoms with van der Waals surface area (Å²) in [5.74, 6) is -0.253. The molecule has 1 aromatic carbocycles. The number of rotatable bonds is 2. The van der Waals surface area contributed by atoms with E-state index in [0.29, 0.717) is 35.7 Å².